The van der Waals surface area contributed by atoms with Gasteiger partial charge < -0.3 is 15.2 Å². The summed E-state index contributed by atoms with van der Waals surface area (Å²) in [6.45, 7) is 6.36. The predicted molar refractivity (Wildman–Crippen MR) is 122 cm³/mol. The van der Waals surface area contributed by atoms with E-state index in [1.807, 2.05) is 30.3 Å². The molecule has 0 spiro atoms. The van der Waals surface area contributed by atoms with Gasteiger partial charge in [0.15, 0.2) is 0 Å². The molecular formula is C26H28F6N2O2. The van der Waals surface area contributed by atoms with E-state index in [0.717, 1.165) is 11.3 Å². The zero-order chi connectivity index (χ0) is 26.4. The van der Waals surface area contributed by atoms with Gasteiger partial charge >= 0.3 is 12.4 Å². The number of nitrogens with one attached hydrogen (secondary N) is 1. The molecule has 2 saturated heterocycles. The molecule has 2 aromatic rings. The van der Waals surface area contributed by atoms with Gasteiger partial charge in [0.25, 0.3) is 0 Å². The first-order chi connectivity index (χ1) is 16.8. The Balaban J connectivity index is 1.67. The van der Waals surface area contributed by atoms with Gasteiger partial charge in [-0.05, 0) is 49.1 Å². The molecule has 4 nitrogen and oxygen atoms in total. The summed E-state index contributed by atoms with van der Waals surface area (Å²) in [7, 11) is 0. The summed E-state index contributed by atoms with van der Waals surface area (Å²) < 4.78 is 86.2. The summed E-state index contributed by atoms with van der Waals surface area (Å²) in [6.07, 6.45) is -9.77. The lowest BCUT2D eigenvalue weighted by molar-refractivity contribution is -0.143. The van der Waals surface area contributed by atoms with Gasteiger partial charge in [-0.15, -0.1) is 0 Å². The first-order valence-electron chi connectivity index (χ1n) is 11.6. The molecule has 0 radical (unpaired) electrons. The van der Waals surface area contributed by atoms with Crippen LogP contribution >= 0.6 is 0 Å². The van der Waals surface area contributed by atoms with Crippen molar-refractivity contribution >= 4 is 0 Å². The molecule has 10 heteroatoms. The molecule has 2 heterocycles. The standard InChI is InChI=1S/C26H28F6N2O2/c1-17-13-34-14-23(15-35,33-17)8-9-24(34,20-6-4-3-5-7-20)16-36-18(2)19-10-21(25(27,28)29)12-22(11-19)26(30,31)32/h3-7,10-12,18,33,35H,1,8-9,13-16H2,2H3/t18-,23-,24-/m1/s1. The number of benzene rings is 2. The minimum absolute atomic E-state index is 0.0323. The van der Waals surface area contributed by atoms with Gasteiger partial charge in [0.2, 0.25) is 0 Å². The highest BCUT2D eigenvalue weighted by molar-refractivity contribution is 5.35. The van der Waals surface area contributed by atoms with Crippen molar-refractivity contribution in [2.45, 2.75) is 49.3 Å². The Morgan fingerprint density at radius 3 is 2.19 bits per heavy atom. The summed E-state index contributed by atoms with van der Waals surface area (Å²) in [5.74, 6) is 0. The molecule has 1 unspecified atom stereocenters. The Morgan fingerprint density at radius 1 is 1.03 bits per heavy atom. The van der Waals surface area contributed by atoms with Crippen LogP contribution in [0.2, 0.25) is 0 Å². The fourth-order valence-electron chi connectivity index (χ4n) is 5.22. The topological polar surface area (TPSA) is 44.7 Å². The van der Waals surface area contributed by atoms with Crippen LogP contribution in [0.15, 0.2) is 60.8 Å². The molecule has 4 rings (SSSR count). The number of rotatable bonds is 6. The predicted octanol–water partition coefficient (Wildman–Crippen LogP) is 5.64. The minimum atomic E-state index is -4.93. The lowest BCUT2D eigenvalue weighted by atomic mass is 9.73. The smallest absolute Gasteiger partial charge is 0.394 e. The maximum absolute atomic E-state index is 13.4. The number of alkyl halides is 6. The quantitative estimate of drug-likeness (QED) is 0.490. The second-order valence-corrected chi connectivity index (χ2v) is 9.71. The highest BCUT2D eigenvalue weighted by atomic mass is 19.4. The Labute approximate surface area is 205 Å². The number of piperidine rings is 1. The molecule has 2 aliphatic rings. The van der Waals surface area contributed by atoms with E-state index in [0.29, 0.717) is 38.1 Å². The van der Waals surface area contributed by atoms with Crippen LogP contribution < -0.4 is 5.32 Å². The maximum atomic E-state index is 13.4. The third kappa shape index (κ3) is 5.12. The van der Waals surface area contributed by atoms with E-state index in [9.17, 15) is 31.4 Å². The van der Waals surface area contributed by atoms with Gasteiger partial charge in [0.05, 0.1) is 41.5 Å². The van der Waals surface area contributed by atoms with Crippen LogP contribution in [0.4, 0.5) is 26.3 Å². The van der Waals surface area contributed by atoms with E-state index in [1.54, 1.807) is 0 Å². The molecular weight excluding hydrogens is 486 g/mol. The molecule has 196 valence electrons. The summed E-state index contributed by atoms with van der Waals surface area (Å²) >= 11 is 0. The largest absolute Gasteiger partial charge is 0.416 e. The van der Waals surface area contributed by atoms with Gasteiger partial charge in [0, 0.05) is 18.8 Å². The molecule has 4 atom stereocenters. The monoisotopic (exact) mass is 514 g/mol. The van der Waals surface area contributed by atoms with E-state index in [2.05, 4.69) is 16.8 Å². The Kier molecular flexibility index (Phi) is 6.91. The van der Waals surface area contributed by atoms with Crippen LogP contribution in [0.5, 0.6) is 0 Å². The first kappa shape index (κ1) is 26.5. The normalized spacial score (nSPS) is 27.4. The van der Waals surface area contributed by atoms with Crippen LogP contribution in [-0.2, 0) is 22.6 Å². The van der Waals surface area contributed by atoms with Gasteiger partial charge in [-0.1, -0.05) is 36.9 Å². The van der Waals surface area contributed by atoms with Crippen molar-refractivity contribution in [1.82, 2.24) is 10.2 Å². The second kappa shape index (κ2) is 9.39. The van der Waals surface area contributed by atoms with Gasteiger partial charge in [-0.3, -0.25) is 4.90 Å². The Morgan fingerprint density at radius 2 is 1.64 bits per heavy atom. The Bertz CT molecular complexity index is 1070. The van der Waals surface area contributed by atoms with Crippen molar-refractivity contribution in [2.75, 3.05) is 26.3 Å². The molecule has 2 N–H and O–H groups in total. The fraction of sp³-hybridized carbons (Fsp3) is 0.462. The highest BCUT2D eigenvalue weighted by Gasteiger charge is 2.51. The van der Waals surface area contributed by atoms with Crippen LogP contribution in [0, 0.1) is 0 Å². The van der Waals surface area contributed by atoms with Gasteiger partial charge in [0.1, 0.15) is 0 Å². The Hall–Kier alpha value is -2.56. The van der Waals surface area contributed by atoms with Crippen molar-refractivity contribution in [1.29, 1.82) is 0 Å². The number of aliphatic hydroxyl groups is 1. The number of nitrogens with zero attached hydrogens (tertiary/aromatic N) is 1. The molecule has 2 aliphatic heterocycles. The van der Waals surface area contributed by atoms with Crippen LogP contribution in [0.25, 0.3) is 0 Å². The fourth-order valence-corrected chi connectivity index (χ4v) is 5.22. The van der Waals surface area contributed by atoms with E-state index in [-0.39, 0.29) is 24.8 Å². The number of halogens is 6. The zero-order valence-corrected chi connectivity index (χ0v) is 19.7. The summed E-state index contributed by atoms with van der Waals surface area (Å²) in [6, 6.07) is 11.0. The molecule has 2 aromatic carbocycles. The van der Waals surface area contributed by atoms with Gasteiger partial charge in [-0.2, -0.15) is 26.3 Å². The van der Waals surface area contributed by atoms with E-state index >= 15 is 0 Å². The average Bonchev–Trinajstić information content (AvgIpc) is 2.82. The number of piperazine rings is 1. The lowest BCUT2D eigenvalue weighted by Gasteiger charge is -2.57. The minimum Gasteiger partial charge on any atom is -0.394 e. The molecule has 2 fully saturated rings. The summed E-state index contributed by atoms with van der Waals surface area (Å²) in [5.41, 5.74) is -2.58. The van der Waals surface area contributed by atoms with Crippen molar-refractivity contribution < 1.29 is 36.2 Å². The second-order valence-electron chi connectivity index (χ2n) is 9.71. The summed E-state index contributed by atoms with van der Waals surface area (Å²) in [4.78, 5) is 2.13. The first-order valence-corrected chi connectivity index (χ1v) is 11.6. The number of hydrogen-bond donors (Lipinski definition) is 2. The molecule has 0 saturated carbocycles. The van der Waals surface area contributed by atoms with E-state index in [1.165, 1.54) is 6.92 Å². The molecule has 0 amide bonds. The third-order valence-corrected chi connectivity index (χ3v) is 7.20. The SMILES string of the molecule is C=C1CN2C[C@@](CO)(CC[C@@]2(CO[C@H](C)c2cc(C(F)(F)F)cc(C(F)(F)F)c2)c2ccccc2)N1. The van der Waals surface area contributed by atoms with Crippen LogP contribution in [0.3, 0.4) is 0 Å². The highest BCUT2D eigenvalue weighted by Crippen LogP contribution is 2.45. The zero-order valence-electron chi connectivity index (χ0n) is 19.7. The number of fused-ring (bicyclic) bond motifs is 2. The molecule has 36 heavy (non-hydrogen) atoms. The van der Waals surface area contributed by atoms with Crippen molar-refractivity contribution in [3.63, 3.8) is 0 Å². The van der Waals surface area contributed by atoms with Crippen molar-refractivity contribution in [2.24, 2.45) is 0 Å². The van der Waals surface area contributed by atoms with Crippen LogP contribution in [0.1, 0.15) is 48.1 Å². The van der Waals surface area contributed by atoms with Gasteiger partial charge in [-0.25, -0.2) is 0 Å². The van der Waals surface area contributed by atoms with Crippen LogP contribution in [-0.4, -0.2) is 41.8 Å². The van der Waals surface area contributed by atoms with E-state index < -0.39 is 40.7 Å². The third-order valence-electron chi connectivity index (χ3n) is 7.20. The number of aliphatic hydroxyl groups excluding tert-OH is 1. The number of hydrogen-bond acceptors (Lipinski definition) is 4. The lowest BCUT2D eigenvalue weighted by Crippen LogP contribution is -2.70. The van der Waals surface area contributed by atoms with E-state index in [4.69, 9.17) is 4.74 Å². The number of ether oxygens (including phenoxy) is 1. The summed E-state index contributed by atoms with van der Waals surface area (Å²) in [5, 5.41) is 13.3. The van der Waals surface area contributed by atoms with Crippen molar-refractivity contribution in [3.05, 3.63) is 83.1 Å². The van der Waals surface area contributed by atoms with Crippen molar-refractivity contribution in [3.8, 4) is 0 Å². The molecule has 2 bridgehead atoms. The maximum Gasteiger partial charge on any atom is 0.416 e. The average molecular weight is 515 g/mol. The molecule has 0 aromatic heterocycles. The molecule has 0 aliphatic carbocycles.